The predicted octanol–water partition coefficient (Wildman–Crippen LogP) is 4.97. The Kier molecular flexibility index (Phi) is 5.27. The molecule has 2 aliphatic rings. The molecule has 0 aliphatic carbocycles. The van der Waals surface area contributed by atoms with Crippen molar-refractivity contribution in [2.24, 2.45) is 0 Å². The highest BCUT2D eigenvalue weighted by molar-refractivity contribution is 5.86. The molecular formula is C28H27FN2O3. The van der Waals surface area contributed by atoms with Gasteiger partial charge >= 0.3 is 0 Å². The lowest BCUT2D eigenvalue weighted by atomic mass is 9.85. The smallest absolute Gasteiger partial charge is 0.162 e. The van der Waals surface area contributed by atoms with Crippen LogP contribution in [0.15, 0.2) is 60.7 Å². The van der Waals surface area contributed by atoms with Gasteiger partial charge in [0.2, 0.25) is 0 Å². The lowest BCUT2D eigenvalue weighted by Gasteiger charge is -2.41. The Morgan fingerprint density at radius 2 is 1.88 bits per heavy atom. The summed E-state index contributed by atoms with van der Waals surface area (Å²) < 4.78 is 27.9. The number of ether oxygens (including phenoxy) is 2. The SMILES string of the molecule is COc1cc2c(cc1OCc1ccccc1F)C1Cc3c(n(CO)c4ccccc34)CN1CC2. The third-order valence-corrected chi connectivity index (χ3v) is 7.32. The van der Waals surface area contributed by atoms with Gasteiger partial charge in [-0.2, -0.15) is 0 Å². The first-order valence-corrected chi connectivity index (χ1v) is 11.7. The Morgan fingerprint density at radius 3 is 2.71 bits per heavy atom. The number of aromatic nitrogens is 1. The van der Waals surface area contributed by atoms with E-state index in [4.69, 9.17) is 9.47 Å². The summed E-state index contributed by atoms with van der Waals surface area (Å²) in [7, 11) is 1.64. The molecule has 0 amide bonds. The molecule has 174 valence electrons. The van der Waals surface area contributed by atoms with Gasteiger partial charge < -0.3 is 19.1 Å². The summed E-state index contributed by atoms with van der Waals surface area (Å²) in [6.07, 6.45) is 1.79. The maximum Gasteiger partial charge on any atom is 0.162 e. The van der Waals surface area contributed by atoms with Crippen molar-refractivity contribution in [2.45, 2.75) is 38.8 Å². The molecule has 0 saturated carbocycles. The quantitative estimate of drug-likeness (QED) is 0.459. The van der Waals surface area contributed by atoms with Crippen molar-refractivity contribution in [3.05, 3.63) is 94.4 Å². The van der Waals surface area contributed by atoms with Crippen molar-refractivity contribution in [1.82, 2.24) is 9.47 Å². The highest BCUT2D eigenvalue weighted by Gasteiger charge is 2.35. The fourth-order valence-electron chi connectivity index (χ4n) is 5.62. The Balaban J connectivity index is 1.38. The molecule has 0 bridgehead atoms. The number of benzene rings is 3. The average molecular weight is 459 g/mol. The molecule has 34 heavy (non-hydrogen) atoms. The van der Waals surface area contributed by atoms with Gasteiger partial charge in [0, 0.05) is 35.8 Å². The Hall–Kier alpha value is -3.35. The minimum Gasteiger partial charge on any atom is -0.493 e. The summed E-state index contributed by atoms with van der Waals surface area (Å²) in [5.74, 6) is 1.04. The van der Waals surface area contributed by atoms with Crippen molar-refractivity contribution < 1.29 is 19.0 Å². The molecule has 1 unspecified atom stereocenters. The minimum atomic E-state index is -0.273. The molecule has 0 spiro atoms. The molecule has 3 heterocycles. The Labute approximate surface area is 198 Å². The molecule has 0 radical (unpaired) electrons. The zero-order valence-electron chi connectivity index (χ0n) is 19.1. The van der Waals surface area contributed by atoms with E-state index in [0.717, 1.165) is 31.4 Å². The van der Waals surface area contributed by atoms with Crippen LogP contribution in [0.2, 0.25) is 0 Å². The van der Waals surface area contributed by atoms with E-state index in [1.54, 1.807) is 19.2 Å². The number of nitrogens with zero attached hydrogens (tertiary/aromatic N) is 2. The molecule has 1 atom stereocenters. The normalized spacial score (nSPS) is 17.2. The summed E-state index contributed by atoms with van der Waals surface area (Å²) in [5, 5.41) is 11.3. The minimum absolute atomic E-state index is 0.0177. The van der Waals surface area contributed by atoms with Crippen LogP contribution in [0.25, 0.3) is 10.9 Å². The van der Waals surface area contributed by atoms with E-state index in [-0.39, 0.29) is 25.2 Å². The fourth-order valence-corrected chi connectivity index (χ4v) is 5.62. The van der Waals surface area contributed by atoms with Crippen molar-refractivity contribution in [3.63, 3.8) is 0 Å². The van der Waals surface area contributed by atoms with Gasteiger partial charge in [0.25, 0.3) is 0 Å². The van der Waals surface area contributed by atoms with E-state index in [9.17, 15) is 9.50 Å². The number of hydrogen-bond donors (Lipinski definition) is 1. The van der Waals surface area contributed by atoms with E-state index < -0.39 is 0 Å². The second kappa shape index (κ2) is 8.46. The third-order valence-electron chi connectivity index (χ3n) is 7.32. The number of fused-ring (bicyclic) bond motifs is 6. The Bertz CT molecular complexity index is 1380. The summed E-state index contributed by atoms with van der Waals surface area (Å²) in [5.41, 5.74) is 6.62. The van der Waals surface area contributed by atoms with E-state index in [2.05, 4.69) is 35.2 Å². The van der Waals surface area contributed by atoms with Crippen LogP contribution in [0, 0.1) is 5.82 Å². The molecule has 1 aromatic heterocycles. The molecule has 0 saturated heterocycles. The van der Waals surface area contributed by atoms with Crippen molar-refractivity contribution >= 4 is 10.9 Å². The topological polar surface area (TPSA) is 46.9 Å². The molecule has 5 nitrogen and oxygen atoms in total. The van der Waals surface area contributed by atoms with Crippen LogP contribution in [0.4, 0.5) is 4.39 Å². The van der Waals surface area contributed by atoms with Crippen LogP contribution in [0.3, 0.4) is 0 Å². The standard InChI is InChI=1S/C28H27FN2O3/c1-33-27-12-18-10-11-30-15-26-22(20-7-3-5-9-24(20)31(26)17-32)13-25(30)21(18)14-28(27)34-16-19-6-2-4-8-23(19)29/h2-9,12,14,25,32H,10-11,13,15-17H2,1H3. The fraction of sp³-hybridized carbons (Fsp3) is 0.286. The highest BCUT2D eigenvalue weighted by atomic mass is 19.1. The number of aliphatic hydroxyl groups excluding tert-OH is 1. The molecule has 6 rings (SSSR count). The highest BCUT2D eigenvalue weighted by Crippen LogP contribution is 2.44. The zero-order chi connectivity index (χ0) is 23.2. The molecule has 4 aromatic rings. The van der Waals surface area contributed by atoms with Gasteiger partial charge in [0.15, 0.2) is 11.5 Å². The largest absolute Gasteiger partial charge is 0.493 e. The van der Waals surface area contributed by atoms with Gasteiger partial charge in [-0.25, -0.2) is 4.39 Å². The number of hydrogen-bond acceptors (Lipinski definition) is 4. The van der Waals surface area contributed by atoms with Crippen LogP contribution in [-0.2, 0) is 32.7 Å². The van der Waals surface area contributed by atoms with E-state index in [1.165, 1.54) is 33.8 Å². The summed E-state index contributed by atoms with van der Waals surface area (Å²) in [4.78, 5) is 2.49. The van der Waals surface area contributed by atoms with Crippen LogP contribution in [0.1, 0.15) is 34.0 Å². The van der Waals surface area contributed by atoms with Gasteiger partial charge in [-0.1, -0.05) is 36.4 Å². The van der Waals surface area contributed by atoms with Gasteiger partial charge in [0.05, 0.1) is 12.6 Å². The third kappa shape index (κ3) is 3.37. The Morgan fingerprint density at radius 1 is 1.06 bits per heavy atom. The van der Waals surface area contributed by atoms with Crippen LogP contribution >= 0.6 is 0 Å². The number of rotatable bonds is 5. The second-order valence-corrected chi connectivity index (χ2v) is 9.03. The lowest BCUT2D eigenvalue weighted by Crippen LogP contribution is -2.39. The van der Waals surface area contributed by atoms with Gasteiger partial charge in [-0.3, -0.25) is 4.90 Å². The summed E-state index contributed by atoms with van der Waals surface area (Å²) >= 11 is 0. The first kappa shape index (κ1) is 21.2. The maximum absolute atomic E-state index is 14.1. The molecular weight excluding hydrogens is 431 g/mol. The molecule has 0 fully saturated rings. The number of aliphatic hydroxyl groups is 1. The molecule has 1 N–H and O–H groups in total. The number of methoxy groups -OCH3 is 1. The van der Waals surface area contributed by atoms with Crippen LogP contribution < -0.4 is 9.47 Å². The maximum atomic E-state index is 14.1. The monoisotopic (exact) mass is 458 g/mol. The first-order valence-electron chi connectivity index (χ1n) is 11.7. The van der Waals surface area contributed by atoms with Crippen molar-refractivity contribution in [3.8, 4) is 11.5 Å². The van der Waals surface area contributed by atoms with Crippen LogP contribution in [-0.4, -0.2) is 28.2 Å². The van der Waals surface area contributed by atoms with Crippen LogP contribution in [0.5, 0.6) is 11.5 Å². The number of halogens is 1. The van der Waals surface area contributed by atoms with E-state index >= 15 is 0 Å². The average Bonchev–Trinajstić information content (AvgIpc) is 3.19. The van der Waals surface area contributed by atoms with Crippen molar-refractivity contribution in [2.75, 3.05) is 13.7 Å². The molecule has 6 heteroatoms. The second-order valence-electron chi connectivity index (χ2n) is 9.03. The molecule has 2 aliphatic heterocycles. The van der Waals surface area contributed by atoms with Gasteiger partial charge in [0.1, 0.15) is 19.2 Å². The summed E-state index contributed by atoms with van der Waals surface area (Å²) in [6, 6.07) is 19.4. The van der Waals surface area contributed by atoms with Gasteiger partial charge in [-0.05, 0) is 53.8 Å². The summed E-state index contributed by atoms with van der Waals surface area (Å²) in [6.45, 7) is 1.87. The predicted molar refractivity (Wildman–Crippen MR) is 128 cm³/mol. The van der Waals surface area contributed by atoms with E-state index in [1.807, 2.05) is 16.7 Å². The van der Waals surface area contributed by atoms with E-state index in [0.29, 0.717) is 17.1 Å². The lowest BCUT2D eigenvalue weighted by molar-refractivity contribution is 0.145. The van der Waals surface area contributed by atoms with Crippen molar-refractivity contribution in [1.29, 1.82) is 0 Å². The zero-order valence-corrected chi connectivity index (χ0v) is 19.1. The number of para-hydroxylation sites is 1. The molecule has 3 aromatic carbocycles. The first-order chi connectivity index (χ1) is 16.7. The van der Waals surface area contributed by atoms with Gasteiger partial charge in [-0.15, -0.1) is 0 Å².